The Morgan fingerprint density at radius 1 is 1.42 bits per heavy atom. The van der Waals surface area contributed by atoms with Gasteiger partial charge >= 0.3 is 0 Å². The van der Waals surface area contributed by atoms with Gasteiger partial charge in [-0.05, 0) is 18.2 Å². The fourth-order valence-electron chi connectivity index (χ4n) is 1.10. The molecule has 0 saturated heterocycles. The topological polar surface area (TPSA) is 28.7 Å². The first-order chi connectivity index (χ1) is 5.79. The number of H-pyrrole nitrogens is 1. The van der Waals surface area contributed by atoms with Crippen molar-refractivity contribution in [2.45, 2.75) is 5.88 Å². The molecule has 0 aliphatic carbocycles. The van der Waals surface area contributed by atoms with Gasteiger partial charge in [0.2, 0.25) is 0 Å². The van der Waals surface area contributed by atoms with Gasteiger partial charge in [0, 0.05) is 5.02 Å². The van der Waals surface area contributed by atoms with E-state index in [1.807, 2.05) is 18.2 Å². The lowest BCUT2D eigenvalue weighted by Crippen LogP contribution is -1.76. The van der Waals surface area contributed by atoms with Gasteiger partial charge in [0.1, 0.15) is 5.82 Å². The molecule has 2 aromatic rings. The Kier molecular flexibility index (Phi) is 1.95. The smallest absolute Gasteiger partial charge is 0.122 e. The Labute approximate surface area is 79.5 Å². The first-order valence-electron chi connectivity index (χ1n) is 3.50. The van der Waals surface area contributed by atoms with Crippen molar-refractivity contribution in [1.29, 1.82) is 0 Å². The summed E-state index contributed by atoms with van der Waals surface area (Å²) < 4.78 is 0. The minimum absolute atomic E-state index is 0.395. The SMILES string of the molecule is ClCc1nc2ccc(Cl)cc2[nH]1. The van der Waals surface area contributed by atoms with Gasteiger partial charge in [-0.3, -0.25) is 0 Å². The molecule has 0 spiro atoms. The maximum Gasteiger partial charge on any atom is 0.122 e. The molecule has 12 heavy (non-hydrogen) atoms. The molecule has 0 aliphatic rings. The number of halogens is 2. The number of nitrogens with zero attached hydrogens (tertiary/aromatic N) is 1. The third-order valence-corrected chi connectivity index (χ3v) is 2.11. The van der Waals surface area contributed by atoms with Crippen LogP contribution in [0.5, 0.6) is 0 Å². The summed E-state index contributed by atoms with van der Waals surface area (Å²) in [5.41, 5.74) is 1.83. The molecular formula is C8H6Cl2N2. The van der Waals surface area contributed by atoms with Crippen LogP contribution in [-0.2, 0) is 5.88 Å². The summed E-state index contributed by atoms with van der Waals surface area (Å²) in [4.78, 5) is 7.28. The molecule has 1 N–H and O–H groups in total. The summed E-state index contributed by atoms with van der Waals surface area (Å²) in [6.07, 6.45) is 0. The summed E-state index contributed by atoms with van der Waals surface area (Å²) >= 11 is 11.4. The normalized spacial score (nSPS) is 10.8. The molecule has 0 radical (unpaired) electrons. The van der Waals surface area contributed by atoms with Crippen molar-refractivity contribution in [3.63, 3.8) is 0 Å². The summed E-state index contributed by atoms with van der Waals surface area (Å²) in [7, 11) is 0. The number of rotatable bonds is 1. The van der Waals surface area contributed by atoms with Crippen molar-refractivity contribution in [2.75, 3.05) is 0 Å². The second-order valence-electron chi connectivity index (χ2n) is 2.48. The zero-order valence-electron chi connectivity index (χ0n) is 6.14. The Balaban J connectivity index is 2.67. The second-order valence-corrected chi connectivity index (χ2v) is 3.18. The number of fused-ring (bicyclic) bond motifs is 1. The molecule has 0 unspecified atom stereocenters. The molecule has 0 saturated carbocycles. The third-order valence-electron chi connectivity index (χ3n) is 1.62. The highest BCUT2D eigenvalue weighted by atomic mass is 35.5. The Hall–Kier alpha value is -0.730. The number of benzene rings is 1. The molecule has 62 valence electrons. The molecule has 0 fully saturated rings. The lowest BCUT2D eigenvalue weighted by Gasteiger charge is -1.87. The van der Waals surface area contributed by atoms with Crippen molar-refractivity contribution in [2.24, 2.45) is 0 Å². The predicted molar refractivity (Wildman–Crippen MR) is 50.7 cm³/mol. The summed E-state index contributed by atoms with van der Waals surface area (Å²) in [5, 5.41) is 0.701. The molecule has 0 atom stereocenters. The van der Waals surface area contributed by atoms with Crippen LogP contribution in [0.25, 0.3) is 11.0 Å². The van der Waals surface area contributed by atoms with E-state index in [1.165, 1.54) is 0 Å². The number of aromatic nitrogens is 2. The van der Waals surface area contributed by atoms with Crippen molar-refractivity contribution in [3.8, 4) is 0 Å². The monoisotopic (exact) mass is 200 g/mol. The van der Waals surface area contributed by atoms with Gasteiger partial charge in [-0.15, -0.1) is 11.6 Å². The molecule has 1 aromatic carbocycles. The van der Waals surface area contributed by atoms with Crippen molar-refractivity contribution >= 4 is 34.2 Å². The molecule has 4 heteroatoms. The average Bonchev–Trinajstić information content (AvgIpc) is 2.46. The number of hydrogen-bond acceptors (Lipinski definition) is 1. The fourth-order valence-corrected chi connectivity index (χ4v) is 1.40. The summed E-state index contributed by atoms with van der Waals surface area (Å²) in [6.45, 7) is 0. The van der Waals surface area contributed by atoms with Gasteiger partial charge in [-0.25, -0.2) is 4.98 Å². The highest BCUT2D eigenvalue weighted by Gasteiger charge is 2.00. The largest absolute Gasteiger partial charge is 0.341 e. The molecule has 2 nitrogen and oxygen atoms in total. The van der Waals surface area contributed by atoms with Crippen LogP contribution in [0.2, 0.25) is 5.02 Å². The van der Waals surface area contributed by atoms with E-state index in [0.29, 0.717) is 10.9 Å². The highest BCUT2D eigenvalue weighted by Crippen LogP contribution is 2.17. The van der Waals surface area contributed by atoms with Crippen LogP contribution in [0.3, 0.4) is 0 Å². The third kappa shape index (κ3) is 1.28. The van der Waals surface area contributed by atoms with Gasteiger partial charge in [0.25, 0.3) is 0 Å². The predicted octanol–water partition coefficient (Wildman–Crippen LogP) is 2.96. The zero-order valence-corrected chi connectivity index (χ0v) is 7.65. The quantitative estimate of drug-likeness (QED) is 0.706. The van der Waals surface area contributed by atoms with Gasteiger partial charge < -0.3 is 4.98 Å². The standard InChI is InChI=1S/C8H6Cl2N2/c9-4-8-11-6-2-1-5(10)3-7(6)12-8/h1-3H,4H2,(H,11,12). The molecule has 2 rings (SSSR count). The minimum atomic E-state index is 0.395. The van der Waals surface area contributed by atoms with E-state index in [1.54, 1.807) is 0 Å². The lowest BCUT2D eigenvalue weighted by molar-refractivity contribution is 1.13. The maximum atomic E-state index is 5.79. The van der Waals surface area contributed by atoms with Crippen LogP contribution in [0, 0.1) is 0 Å². The Bertz CT molecular complexity index is 408. The first kappa shape index (κ1) is 7.90. The molecular weight excluding hydrogens is 195 g/mol. The number of alkyl halides is 1. The van der Waals surface area contributed by atoms with Crippen molar-refractivity contribution < 1.29 is 0 Å². The van der Waals surface area contributed by atoms with Crippen LogP contribution in [-0.4, -0.2) is 9.97 Å². The molecule has 0 amide bonds. The van der Waals surface area contributed by atoms with E-state index in [-0.39, 0.29) is 0 Å². The highest BCUT2D eigenvalue weighted by molar-refractivity contribution is 6.31. The Morgan fingerprint density at radius 3 is 3.00 bits per heavy atom. The number of nitrogens with one attached hydrogen (secondary N) is 1. The van der Waals surface area contributed by atoms with E-state index in [9.17, 15) is 0 Å². The second kappa shape index (κ2) is 2.96. The first-order valence-corrected chi connectivity index (χ1v) is 4.41. The number of imidazole rings is 1. The van der Waals surface area contributed by atoms with Crippen LogP contribution >= 0.6 is 23.2 Å². The molecule has 1 heterocycles. The van der Waals surface area contributed by atoms with Crippen LogP contribution in [0.1, 0.15) is 5.82 Å². The van der Waals surface area contributed by atoms with E-state index < -0.39 is 0 Å². The van der Waals surface area contributed by atoms with Gasteiger partial charge in [0.05, 0.1) is 16.9 Å². The average molecular weight is 201 g/mol. The Morgan fingerprint density at radius 2 is 2.25 bits per heavy atom. The van der Waals surface area contributed by atoms with Gasteiger partial charge in [-0.2, -0.15) is 0 Å². The molecule has 1 aromatic heterocycles. The van der Waals surface area contributed by atoms with Crippen LogP contribution < -0.4 is 0 Å². The maximum absolute atomic E-state index is 5.79. The minimum Gasteiger partial charge on any atom is -0.341 e. The van der Waals surface area contributed by atoms with E-state index >= 15 is 0 Å². The molecule has 0 aliphatic heterocycles. The van der Waals surface area contributed by atoms with Crippen molar-refractivity contribution in [1.82, 2.24) is 9.97 Å². The van der Waals surface area contributed by atoms with E-state index in [0.717, 1.165) is 16.9 Å². The van der Waals surface area contributed by atoms with E-state index in [2.05, 4.69) is 9.97 Å². The molecule has 0 bridgehead atoms. The lowest BCUT2D eigenvalue weighted by atomic mass is 10.3. The summed E-state index contributed by atoms with van der Waals surface area (Å²) in [6, 6.07) is 5.51. The van der Waals surface area contributed by atoms with Crippen LogP contribution in [0.15, 0.2) is 18.2 Å². The summed E-state index contributed by atoms with van der Waals surface area (Å²) in [5.74, 6) is 1.17. The van der Waals surface area contributed by atoms with E-state index in [4.69, 9.17) is 23.2 Å². The number of aromatic amines is 1. The van der Waals surface area contributed by atoms with Crippen molar-refractivity contribution in [3.05, 3.63) is 29.0 Å². The van der Waals surface area contributed by atoms with Gasteiger partial charge in [-0.1, -0.05) is 11.6 Å². The van der Waals surface area contributed by atoms with Gasteiger partial charge in [0.15, 0.2) is 0 Å². The number of hydrogen-bond donors (Lipinski definition) is 1. The zero-order chi connectivity index (χ0) is 8.55. The fraction of sp³-hybridized carbons (Fsp3) is 0.125. The van der Waals surface area contributed by atoms with Crippen LogP contribution in [0.4, 0.5) is 0 Å².